The van der Waals surface area contributed by atoms with Crippen molar-refractivity contribution in [1.29, 1.82) is 0 Å². The monoisotopic (exact) mass is 478 g/mol. The summed E-state index contributed by atoms with van der Waals surface area (Å²) in [5.74, 6) is 0.855. The highest BCUT2D eigenvalue weighted by Crippen LogP contribution is 2.31. The van der Waals surface area contributed by atoms with Crippen LogP contribution in [0.25, 0.3) is 0 Å². The van der Waals surface area contributed by atoms with Gasteiger partial charge in [-0.2, -0.15) is 0 Å². The fourth-order valence-corrected chi connectivity index (χ4v) is 5.20. The van der Waals surface area contributed by atoms with E-state index in [-0.39, 0.29) is 11.8 Å². The number of thiophene rings is 1. The molecule has 0 fully saturated rings. The van der Waals surface area contributed by atoms with Gasteiger partial charge < -0.3 is 15.1 Å². The van der Waals surface area contributed by atoms with E-state index in [4.69, 9.17) is 11.6 Å². The van der Waals surface area contributed by atoms with E-state index in [0.29, 0.717) is 33.6 Å². The molecule has 2 aliphatic rings. The van der Waals surface area contributed by atoms with Gasteiger partial charge in [0.15, 0.2) is 0 Å². The Labute approximate surface area is 201 Å². The summed E-state index contributed by atoms with van der Waals surface area (Å²) >= 11 is 7.19. The Morgan fingerprint density at radius 1 is 1.15 bits per heavy atom. The smallest absolute Gasteiger partial charge is 0.265 e. The zero-order valence-corrected chi connectivity index (χ0v) is 19.7. The van der Waals surface area contributed by atoms with E-state index in [0.717, 1.165) is 36.5 Å². The summed E-state index contributed by atoms with van der Waals surface area (Å²) < 4.78 is 0.564. The molecule has 2 aliphatic heterocycles. The molecule has 2 amide bonds. The zero-order valence-electron chi connectivity index (χ0n) is 18.2. The molecule has 1 N–H and O–H groups in total. The van der Waals surface area contributed by atoms with Gasteiger partial charge in [-0.05, 0) is 35.4 Å². The lowest BCUT2D eigenvalue weighted by atomic mass is 10.1. The molecule has 0 saturated heterocycles. The van der Waals surface area contributed by atoms with E-state index < -0.39 is 0 Å². The Kier molecular flexibility index (Phi) is 5.91. The number of nitrogens with zero attached hydrogens (tertiary/aromatic N) is 3. The predicted octanol–water partition coefficient (Wildman–Crippen LogP) is 4.70. The average molecular weight is 479 g/mol. The van der Waals surface area contributed by atoms with Gasteiger partial charge in [0.05, 0.1) is 15.8 Å². The van der Waals surface area contributed by atoms with Crippen LogP contribution in [-0.4, -0.2) is 47.6 Å². The molecule has 0 bridgehead atoms. The summed E-state index contributed by atoms with van der Waals surface area (Å²) in [4.78, 5) is 34.8. The Balaban J connectivity index is 1.31. The number of amidine groups is 1. The molecule has 5 rings (SSSR count). The number of rotatable bonds is 6. The van der Waals surface area contributed by atoms with Crippen molar-refractivity contribution >= 4 is 46.3 Å². The molecule has 1 aromatic heterocycles. The first-order chi connectivity index (χ1) is 16.0. The van der Waals surface area contributed by atoms with Gasteiger partial charge in [0, 0.05) is 49.9 Å². The third kappa shape index (κ3) is 4.51. The zero-order chi connectivity index (χ0) is 22.9. The summed E-state index contributed by atoms with van der Waals surface area (Å²) in [6.07, 6.45) is 0.793. The van der Waals surface area contributed by atoms with Crippen molar-refractivity contribution in [3.8, 4) is 0 Å². The number of aliphatic imine (C=N–C) groups is 1. The molecule has 3 aromatic rings. The van der Waals surface area contributed by atoms with Gasteiger partial charge in [-0.25, -0.2) is 0 Å². The minimum atomic E-state index is -0.223. The van der Waals surface area contributed by atoms with Crippen molar-refractivity contribution in [2.45, 2.75) is 19.5 Å². The molecule has 0 spiro atoms. The fourth-order valence-electron chi connectivity index (χ4n) is 4.27. The Hall–Kier alpha value is -3.16. The third-order valence-electron chi connectivity index (χ3n) is 5.99. The number of anilines is 1. The van der Waals surface area contributed by atoms with Crippen LogP contribution in [0.4, 0.5) is 5.69 Å². The maximum atomic E-state index is 13.1. The van der Waals surface area contributed by atoms with Crippen LogP contribution in [0.2, 0.25) is 4.34 Å². The van der Waals surface area contributed by atoms with Gasteiger partial charge in [0.25, 0.3) is 11.8 Å². The van der Waals surface area contributed by atoms with Crippen molar-refractivity contribution in [3.05, 3.63) is 86.1 Å². The first-order valence-electron chi connectivity index (χ1n) is 10.8. The maximum Gasteiger partial charge on any atom is 0.265 e. The van der Waals surface area contributed by atoms with Crippen molar-refractivity contribution in [2.75, 3.05) is 25.5 Å². The number of hydrogen-bond donors (Lipinski definition) is 1. The maximum absolute atomic E-state index is 13.1. The molecule has 0 saturated carbocycles. The lowest BCUT2D eigenvalue weighted by molar-refractivity contribution is 0.0766. The van der Waals surface area contributed by atoms with Gasteiger partial charge in [-0.15, -0.1) is 11.3 Å². The lowest BCUT2D eigenvalue weighted by Gasteiger charge is -2.17. The molecule has 0 aliphatic carbocycles. The molecule has 0 radical (unpaired) electrons. The molecular weight excluding hydrogens is 456 g/mol. The van der Waals surface area contributed by atoms with Gasteiger partial charge in [0.1, 0.15) is 5.84 Å². The van der Waals surface area contributed by atoms with Crippen LogP contribution in [0.5, 0.6) is 0 Å². The Morgan fingerprint density at radius 2 is 1.97 bits per heavy atom. The van der Waals surface area contributed by atoms with E-state index in [9.17, 15) is 9.59 Å². The van der Waals surface area contributed by atoms with Gasteiger partial charge >= 0.3 is 0 Å². The van der Waals surface area contributed by atoms with Crippen LogP contribution < -0.4 is 5.32 Å². The highest BCUT2D eigenvalue weighted by Gasteiger charge is 2.30. The molecule has 8 heteroatoms. The third-order valence-corrected chi connectivity index (χ3v) is 7.22. The minimum absolute atomic E-state index is 0.0226. The number of nitrogens with one attached hydrogen (secondary N) is 1. The van der Waals surface area contributed by atoms with E-state index in [2.05, 4.69) is 34.4 Å². The molecule has 0 atom stereocenters. The standard InChI is InChI=1S/C25H23ClN4O2S/c1-29-11-10-27-23(29)13-16-4-2-5-17(12-16)14-30-15-19-18(25(30)32)6-3-7-20(19)28-24(31)21-8-9-22(26)33-21/h2-9,12H,10-11,13-15H2,1H3,(H,28,31). The number of benzene rings is 2. The lowest BCUT2D eigenvalue weighted by Crippen LogP contribution is -2.25. The SMILES string of the molecule is CN1CCN=C1Cc1cccc(CN2Cc3c(NC(=O)c4ccc(Cl)s4)cccc3C2=O)c1. The summed E-state index contributed by atoms with van der Waals surface area (Å²) in [5, 5.41) is 2.95. The fraction of sp³-hybridized carbons (Fsp3) is 0.240. The molecule has 6 nitrogen and oxygen atoms in total. The van der Waals surface area contributed by atoms with Crippen molar-refractivity contribution in [3.63, 3.8) is 0 Å². The van der Waals surface area contributed by atoms with Crippen molar-refractivity contribution in [1.82, 2.24) is 9.80 Å². The number of amides is 2. The summed E-state index contributed by atoms with van der Waals surface area (Å²) in [6, 6.07) is 17.2. The summed E-state index contributed by atoms with van der Waals surface area (Å²) in [5.41, 5.74) is 4.40. The van der Waals surface area contributed by atoms with Crippen LogP contribution in [0.15, 0.2) is 59.6 Å². The van der Waals surface area contributed by atoms with Crippen LogP contribution in [0.3, 0.4) is 0 Å². The van der Waals surface area contributed by atoms with Crippen LogP contribution in [0, 0.1) is 0 Å². The number of halogens is 1. The molecule has 2 aromatic carbocycles. The average Bonchev–Trinajstić information content (AvgIpc) is 3.50. The first kappa shape index (κ1) is 21.7. The highest BCUT2D eigenvalue weighted by atomic mass is 35.5. The van der Waals surface area contributed by atoms with E-state index in [1.807, 2.05) is 29.2 Å². The Morgan fingerprint density at radius 3 is 2.73 bits per heavy atom. The number of carbonyl (C=O) groups excluding carboxylic acids is 2. The topological polar surface area (TPSA) is 65.0 Å². The Bertz CT molecular complexity index is 1270. The van der Waals surface area contributed by atoms with E-state index in [1.165, 1.54) is 16.9 Å². The minimum Gasteiger partial charge on any atom is -0.361 e. The second-order valence-corrected chi connectivity index (χ2v) is 9.98. The molecule has 0 unspecified atom stereocenters. The highest BCUT2D eigenvalue weighted by molar-refractivity contribution is 7.18. The molecule has 168 valence electrons. The molecular formula is C25H23ClN4O2S. The first-order valence-corrected chi connectivity index (χ1v) is 12.0. The van der Waals surface area contributed by atoms with Crippen LogP contribution in [0.1, 0.15) is 36.7 Å². The molecule has 3 heterocycles. The predicted molar refractivity (Wildman–Crippen MR) is 132 cm³/mol. The van der Waals surface area contributed by atoms with Gasteiger partial charge in [-0.3, -0.25) is 14.6 Å². The second-order valence-electron chi connectivity index (χ2n) is 8.27. The van der Waals surface area contributed by atoms with Crippen LogP contribution in [-0.2, 0) is 19.5 Å². The number of carbonyl (C=O) groups is 2. The van der Waals surface area contributed by atoms with E-state index in [1.54, 1.807) is 18.2 Å². The van der Waals surface area contributed by atoms with Gasteiger partial charge in [-0.1, -0.05) is 41.9 Å². The molecule has 33 heavy (non-hydrogen) atoms. The van der Waals surface area contributed by atoms with E-state index >= 15 is 0 Å². The number of fused-ring (bicyclic) bond motifs is 1. The summed E-state index contributed by atoms with van der Waals surface area (Å²) in [6.45, 7) is 2.78. The van der Waals surface area contributed by atoms with Crippen LogP contribution >= 0.6 is 22.9 Å². The van der Waals surface area contributed by atoms with Crippen molar-refractivity contribution < 1.29 is 9.59 Å². The van der Waals surface area contributed by atoms with Crippen molar-refractivity contribution in [2.24, 2.45) is 4.99 Å². The summed E-state index contributed by atoms with van der Waals surface area (Å²) in [7, 11) is 2.07. The number of hydrogen-bond acceptors (Lipinski definition) is 5. The second kappa shape index (κ2) is 9.00. The largest absolute Gasteiger partial charge is 0.361 e. The quantitative estimate of drug-likeness (QED) is 0.558. The van der Waals surface area contributed by atoms with Gasteiger partial charge in [0.2, 0.25) is 0 Å². The number of likely N-dealkylation sites (N-methyl/N-ethyl adjacent to an activating group) is 1. The normalized spacial score (nSPS) is 15.1.